The van der Waals surface area contributed by atoms with E-state index >= 15 is 0 Å². The lowest BCUT2D eigenvalue weighted by atomic mass is 10.1. The highest BCUT2D eigenvalue weighted by atomic mass is 16.2. The average Bonchev–Trinajstić information content (AvgIpc) is 3.06. The molecule has 1 atom stereocenters. The lowest BCUT2D eigenvalue weighted by molar-refractivity contribution is -0.118. The van der Waals surface area contributed by atoms with Gasteiger partial charge in [-0.1, -0.05) is 0 Å². The molecular weight excluding hydrogens is 334 g/mol. The second kappa shape index (κ2) is 7.01. The monoisotopic (exact) mass is 355 g/mol. The quantitative estimate of drug-likeness (QED) is 0.730. The number of carbonyl (C=O) groups is 3. The van der Waals surface area contributed by atoms with Gasteiger partial charge in [0.25, 0.3) is 0 Å². The van der Waals surface area contributed by atoms with Crippen molar-refractivity contribution < 1.29 is 14.4 Å². The lowest BCUT2D eigenvalue weighted by Crippen LogP contribution is -2.41. The van der Waals surface area contributed by atoms with E-state index in [-0.39, 0.29) is 29.6 Å². The largest absolute Gasteiger partial charge is 0.366 e. The summed E-state index contributed by atoms with van der Waals surface area (Å²) in [6.07, 6.45) is 2.03. The molecule has 0 radical (unpaired) electrons. The van der Waals surface area contributed by atoms with Crippen LogP contribution in [0.25, 0.3) is 0 Å². The Morgan fingerprint density at radius 1 is 1.12 bits per heavy atom. The van der Waals surface area contributed by atoms with Crippen molar-refractivity contribution in [2.45, 2.75) is 19.5 Å². The molecule has 8 heteroatoms. The SMILES string of the molecule is CC1c2cccn2CCN1CC(=O)Nc1cc(C(N)=O)cc(C(N)=O)c1. The Morgan fingerprint density at radius 2 is 1.77 bits per heavy atom. The highest BCUT2D eigenvalue weighted by Crippen LogP contribution is 2.25. The van der Waals surface area contributed by atoms with Crippen LogP contribution in [-0.2, 0) is 11.3 Å². The summed E-state index contributed by atoms with van der Waals surface area (Å²) in [5.74, 6) is -1.64. The topological polar surface area (TPSA) is 123 Å². The number of benzene rings is 1. The first-order valence-electron chi connectivity index (χ1n) is 8.29. The van der Waals surface area contributed by atoms with Gasteiger partial charge in [-0.3, -0.25) is 19.3 Å². The van der Waals surface area contributed by atoms with Gasteiger partial charge in [0.1, 0.15) is 0 Å². The summed E-state index contributed by atoms with van der Waals surface area (Å²) in [4.78, 5) is 37.3. The number of primary amides is 2. The third-order valence-electron chi connectivity index (χ3n) is 4.60. The minimum absolute atomic E-state index is 0.112. The Labute approximate surface area is 150 Å². The molecule has 3 amide bonds. The van der Waals surface area contributed by atoms with Crippen LogP contribution in [0.15, 0.2) is 36.5 Å². The molecule has 1 aliphatic heterocycles. The molecule has 1 aromatic carbocycles. The van der Waals surface area contributed by atoms with Gasteiger partial charge >= 0.3 is 0 Å². The van der Waals surface area contributed by atoms with Gasteiger partial charge < -0.3 is 21.4 Å². The molecule has 0 fully saturated rings. The zero-order valence-corrected chi connectivity index (χ0v) is 14.4. The fraction of sp³-hybridized carbons (Fsp3) is 0.278. The predicted molar refractivity (Wildman–Crippen MR) is 96.5 cm³/mol. The molecule has 3 rings (SSSR count). The van der Waals surface area contributed by atoms with Gasteiger partial charge in [0.05, 0.1) is 6.54 Å². The predicted octanol–water partition coefficient (Wildman–Crippen LogP) is 0.701. The summed E-state index contributed by atoms with van der Waals surface area (Å²) in [5.41, 5.74) is 12.2. The van der Waals surface area contributed by atoms with Crippen LogP contribution in [0.3, 0.4) is 0 Å². The van der Waals surface area contributed by atoms with Crippen molar-refractivity contribution in [3.63, 3.8) is 0 Å². The number of hydrogen-bond acceptors (Lipinski definition) is 4. The maximum Gasteiger partial charge on any atom is 0.248 e. The van der Waals surface area contributed by atoms with Crippen molar-refractivity contribution in [3.8, 4) is 0 Å². The summed E-state index contributed by atoms with van der Waals surface area (Å²) in [6.45, 7) is 3.82. The third kappa shape index (κ3) is 3.60. The minimum atomic E-state index is -0.700. The molecule has 136 valence electrons. The zero-order valence-electron chi connectivity index (χ0n) is 14.4. The first-order valence-corrected chi connectivity index (χ1v) is 8.29. The minimum Gasteiger partial charge on any atom is -0.366 e. The van der Waals surface area contributed by atoms with Crippen molar-refractivity contribution in [2.75, 3.05) is 18.4 Å². The van der Waals surface area contributed by atoms with E-state index in [4.69, 9.17) is 11.5 Å². The Bertz CT molecular complexity index is 841. The van der Waals surface area contributed by atoms with E-state index in [1.807, 2.05) is 18.3 Å². The number of fused-ring (bicyclic) bond motifs is 1. The van der Waals surface area contributed by atoms with E-state index in [2.05, 4.69) is 21.7 Å². The first-order chi connectivity index (χ1) is 12.3. The van der Waals surface area contributed by atoms with E-state index in [1.54, 1.807) is 0 Å². The molecule has 26 heavy (non-hydrogen) atoms. The van der Waals surface area contributed by atoms with Crippen molar-refractivity contribution >= 4 is 23.4 Å². The van der Waals surface area contributed by atoms with Crippen molar-refractivity contribution in [1.29, 1.82) is 0 Å². The molecule has 0 spiro atoms. The van der Waals surface area contributed by atoms with Gasteiger partial charge in [0, 0.05) is 47.8 Å². The van der Waals surface area contributed by atoms with E-state index in [1.165, 1.54) is 18.2 Å². The van der Waals surface area contributed by atoms with E-state index in [0.29, 0.717) is 5.69 Å². The summed E-state index contributed by atoms with van der Waals surface area (Å²) in [6, 6.07) is 8.32. The third-order valence-corrected chi connectivity index (χ3v) is 4.60. The molecule has 1 aliphatic rings. The molecule has 0 bridgehead atoms. The molecule has 0 saturated heterocycles. The Morgan fingerprint density at radius 3 is 2.38 bits per heavy atom. The van der Waals surface area contributed by atoms with Gasteiger partial charge in [-0.25, -0.2) is 0 Å². The second-order valence-electron chi connectivity index (χ2n) is 6.35. The standard InChI is InChI=1S/C18H21N5O3/c1-11-15-3-2-4-22(15)5-6-23(11)10-16(24)21-14-8-12(17(19)25)7-13(9-14)18(20)26/h2-4,7-9,11H,5-6,10H2,1H3,(H2,19,25)(H2,20,26)(H,21,24). The van der Waals surface area contributed by atoms with Gasteiger partial charge in [0.15, 0.2) is 0 Å². The van der Waals surface area contributed by atoms with Gasteiger partial charge in [-0.2, -0.15) is 0 Å². The summed E-state index contributed by atoms with van der Waals surface area (Å²) >= 11 is 0. The fourth-order valence-corrected chi connectivity index (χ4v) is 3.21. The molecule has 1 unspecified atom stereocenters. The maximum absolute atomic E-state index is 12.4. The number of nitrogens with two attached hydrogens (primary N) is 2. The number of amides is 3. The van der Waals surface area contributed by atoms with Crippen molar-refractivity contribution in [1.82, 2.24) is 9.47 Å². The average molecular weight is 355 g/mol. The van der Waals surface area contributed by atoms with Crippen LogP contribution in [0.1, 0.15) is 39.4 Å². The number of carbonyl (C=O) groups excluding carboxylic acids is 3. The normalized spacial score (nSPS) is 16.7. The Kier molecular flexibility index (Phi) is 4.77. The molecule has 8 nitrogen and oxygen atoms in total. The van der Waals surface area contributed by atoms with E-state index in [9.17, 15) is 14.4 Å². The van der Waals surface area contributed by atoms with Crippen LogP contribution in [0, 0.1) is 0 Å². The molecule has 5 N–H and O–H groups in total. The van der Waals surface area contributed by atoms with Crippen molar-refractivity contribution in [3.05, 3.63) is 53.3 Å². The van der Waals surface area contributed by atoms with Gasteiger partial charge in [-0.05, 0) is 37.3 Å². The molecule has 1 aromatic heterocycles. The van der Waals surface area contributed by atoms with E-state index < -0.39 is 11.8 Å². The number of nitrogens with one attached hydrogen (secondary N) is 1. The Balaban J connectivity index is 1.72. The number of anilines is 1. The van der Waals surface area contributed by atoms with Crippen LogP contribution in [0.2, 0.25) is 0 Å². The highest BCUT2D eigenvalue weighted by molar-refractivity contribution is 6.01. The summed E-state index contributed by atoms with van der Waals surface area (Å²) in [5, 5.41) is 2.72. The fourth-order valence-electron chi connectivity index (χ4n) is 3.21. The van der Waals surface area contributed by atoms with Crippen LogP contribution in [-0.4, -0.2) is 40.3 Å². The molecule has 2 heterocycles. The second-order valence-corrected chi connectivity index (χ2v) is 6.35. The van der Waals surface area contributed by atoms with Crippen LogP contribution in [0.4, 0.5) is 5.69 Å². The van der Waals surface area contributed by atoms with Crippen LogP contribution >= 0.6 is 0 Å². The summed E-state index contributed by atoms with van der Waals surface area (Å²) in [7, 11) is 0. The van der Waals surface area contributed by atoms with Crippen LogP contribution in [0.5, 0.6) is 0 Å². The van der Waals surface area contributed by atoms with E-state index in [0.717, 1.165) is 18.8 Å². The molecule has 0 aliphatic carbocycles. The lowest BCUT2D eigenvalue weighted by Gasteiger charge is -2.34. The number of aromatic nitrogens is 1. The number of rotatable bonds is 5. The highest BCUT2D eigenvalue weighted by Gasteiger charge is 2.25. The molecular formula is C18H21N5O3. The number of hydrogen-bond donors (Lipinski definition) is 3. The molecule has 2 aromatic rings. The Hall–Kier alpha value is -3.13. The smallest absolute Gasteiger partial charge is 0.248 e. The van der Waals surface area contributed by atoms with Gasteiger partial charge in [-0.15, -0.1) is 0 Å². The molecule has 0 saturated carbocycles. The maximum atomic E-state index is 12.4. The first kappa shape index (κ1) is 17.7. The van der Waals surface area contributed by atoms with Crippen LogP contribution < -0.4 is 16.8 Å². The zero-order chi connectivity index (χ0) is 18.8. The van der Waals surface area contributed by atoms with Gasteiger partial charge in [0.2, 0.25) is 17.7 Å². The van der Waals surface area contributed by atoms with Crippen molar-refractivity contribution in [2.24, 2.45) is 11.5 Å². The summed E-state index contributed by atoms with van der Waals surface area (Å²) < 4.78 is 2.18. The number of nitrogens with zero attached hydrogens (tertiary/aromatic N) is 2.